The molecule has 0 spiro atoms. The number of amides is 2. The number of methoxy groups -OCH3 is 1. The van der Waals surface area contributed by atoms with E-state index in [0.717, 1.165) is 5.56 Å². The maximum Gasteiger partial charge on any atom is 0.586 e. The predicted molar refractivity (Wildman–Crippen MR) is 154 cm³/mol. The zero-order chi connectivity index (χ0) is 32.2. The summed E-state index contributed by atoms with van der Waals surface area (Å²) in [6.07, 6.45) is -3.02. The van der Waals surface area contributed by atoms with E-state index in [2.05, 4.69) is 19.8 Å². The minimum absolute atomic E-state index is 0.0190. The Morgan fingerprint density at radius 2 is 1.91 bits per heavy atom. The molecule has 242 valence electrons. The summed E-state index contributed by atoms with van der Waals surface area (Å²) in [7, 11) is 1.54. The van der Waals surface area contributed by atoms with E-state index in [1.54, 1.807) is 36.1 Å². The molecule has 5 heterocycles. The lowest BCUT2D eigenvalue weighted by molar-refractivity contribution is -0.286. The number of carbonyl (C=O) groups excluding carboxylic acids is 2. The number of ether oxygens (including phenoxy) is 6. The Labute approximate surface area is 262 Å². The van der Waals surface area contributed by atoms with E-state index in [9.17, 15) is 23.5 Å². The average Bonchev–Trinajstić information content (AvgIpc) is 3.56. The molecular formula is C32H31F2N3O9. The van der Waals surface area contributed by atoms with Crippen molar-refractivity contribution in [3.05, 3.63) is 71.0 Å². The van der Waals surface area contributed by atoms with Crippen LogP contribution in [0.2, 0.25) is 0 Å². The van der Waals surface area contributed by atoms with Crippen molar-refractivity contribution >= 4 is 11.8 Å². The largest absolute Gasteiger partial charge is 0.586 e. The smallest absolute Gasteiger partial charge is 0.497 e. The second-order valence-corrected chi connectivity index (χ2v) is 11.8. The molecule has 1 fully saturated rings. The normalized spacial score (nSPS) is 25.5. The van der Waals surface area contributed by atoms with E-state index < -0.39 is 30.0 Å². The quantitative estimate of drug-likeness (QED) is 0.414. The van der Waals surface area contributed by atoms with Crippen LogP contribution in [0.25, 0.3) is 0 Å². The fraction of sp³-hybridized carbons (Fsp3) is 0.406. The zero-order valence-corrected chi connectivity index (χ0v) is 25.0. The Hall–Kier alpha value is -4.69. The number of aliphatic hydroxyl groups excluding tert-OH is 1. The van der Waals surface area contributed by atoms with Crippen molar-refractivity contribution in [3.8, 4) is 28.7 Å². The number of aliphatic hydroxyl groups is 1. The van der Waals surface area contributed by atoms with Gasteiger partial charge in [-0.3, -0.25) is 14.6 Å². The number of fused-ring (bicyclic) bond motifs is 3. The molecule has 1 aromatic heterocycles. The maximum absolute atomic E-state index is 14.0. The van der Waals surface area contributed by atoms with Gasteiger partial charge in [-0.2, -0.15) is 0 Å². The Kier molecular flexibility index (Phi) is 7.35. The van der Waals surface area contributed by atoms with Crippen molar-refractivity contribution in [2.45, 2.75) is 43.3 Å². The van der Waals surface area contributed by atoms with Gasteiger partial charge in [0.05, 0.1) is 43.7 Å². The highest BCUT2D eigenvalue weighted by Gasteiger charge is 2.49. The molecule has 14 heteroatoms. The summed E-state index contributed by atoms with van der Waals surface area (Å²) in [6, 6.07) is 10.8. The minimum Gasteiger partial charge on any atom is -0.497 e. The summed E-state index contributed by atoms with van der Waals surface area (Å²) in [5, 5.41) is 12.5. The molecule has 46 heavy (non-hydrogen) atoms. The summed E-state index contributed by atoms with van der Waals surface area (Å²) in [4.78, 5) is 33.2. The number of rotatable bonds is 6. The first kappa shape index (κ1) is 30.0. The Balaban J connectivity index is 1.13. The molecule has 1 saturated heterocycles. The molecule has 2 N–H and O–H groups in total. The Morgan fingerprint density at radius 1 is 1.11 bits per heavy atom. The van der Waals surface area contributed by atoms with E-state index in [1.807, 2.05) is 6.07 Å². The number of nitrogens with zero attached hydrogens (tertiary/aromatic N) is 2. The number of halogens is 2. The lowest BCUT2D eigenvalue weighted by Gasteiger charge is -2.34. The molecule has 0 saturated carbocycles. The minimum atomic E-state index is -3.80. The molecular weight excluding hydrogens is 608 g/mol. The van der Waals surface area contributed by atoms with E-state index >= 15 is 0 Å². The molecule has 4 atom stereocenters. The third-order valence-electron chi connectivity index (χ3n) is 8.73. The molecule has 4 aliphatic rings. The average molecular weight is 640 g/mol. The van der Waals surface area contributed by atoms with Crippen LogP contribution in [0.5, 0.6) is 28.7 Å². The van der Waals surface area contributed by atoms with Gasteiger partial charge in [0.25, 0.3) is 5.91 Å². The fourth-order valence-corrected chi connectivity index (χ4v) is 6.14. The number of benzene rings is 2. The van der Waals surface area contributed by atoms with Gasteiger partial charge in [0, 0.05) is 49.0 Å². The topological polar surface area (TPSA) is 138 Å². The molecule has 7 rings (SSSR count). The van der Waals surface area contributed by atoms with Crippen LogP contribution in [-0.4, -0.2) is 79.2 Å². The molecule has 4 aliphatic heterocycles. The third-order valence-corrected chi connectivity index (χ3v) is 8.73. The Bertz CT molecular complexity index is 1690. The van der Waals surface area contributed by atoms with Crippen molar-refractivity contribution in [2.75, 3.05) is 40.0 Å². The van der Waals surface area contributed by atoms with Crippen molar-refractivity contribution in [1.82, 2.24) is 15.2 Å². The standard InChI is InChI=1S/C32H31F2N3O9/c1-31(16-43-25-12-28-27(10-21(25)31)45-32(33,34)46-28)30(40)36-23-11-26(44-24-9-18(41-2)4-5-20(23)24)22-6-3-17(13-35-22)29(39)37-7-8-42-19(14-37)15-38/h3-6,9-10,12-13,19,23,26,38H,7-8,11,14-16H2,1-2H3,(H,36,40)/t19?,23-,26-,31+/m1/s1. The van der Waals surface area contributed by atoms with E-state index in [-0.39, 0.29) is 48.8 Å². The van der Waals surface area contributed by atoms with Crippen LogP contribution < -0.4 is 29.0 Å². The second kappa shape index (κ2) is 11.3. The number of aromatic nitrogens is 1. The lowest BCUT2D eigenvalue weighted by Crippen LogP contribution is -2.47. The molecule has 2 amide bonds. The first-order valence-electron chi connectivity index (χ1n) is 14.8. The van der Waals surface area contributed by atoms with Crippen molar-refractivity contribution in [1.29, 1.82) is 0 Å². The maximum atomic E-state index is 14.0. The van der Waals surface area contributed by atoms with Gasteiger partial charge in [0.15, 0.2) is 11.5 Å². The van der Waals surface area contributed by atoms with Gasteiger partial charge in [-0.05, 0) is 37.3 Å². The highest BCUT2D eigenvalue weighted by Crippen LogP contribution is 2.50. The van der Waals surface area contributed by atoms with Crippen LogP contribution in [0.1, 0.15) is 52.7 Å². The van der Waals surface area contributed by atoms with E-state index in [0.29, 0.717) is 47.9 Å². The molecule has 12 nitrogen and oxygen atoms in total. The summed E-state index contributed by atoms with van der Waals surface area (Å²) < 4.78 is 59.5. The van der Waals surface area contributed by atoms with Crippen molar-refractivity contribution in [2.24, 2.45) is 0 Å². The van der Waals surface area contributed by atoms with Crippen molar-refractivity contribution in [3.63, 3.8) is 0 Å². The highest BCUT2D eigenvalue weighted by atomic mass is 19.3. The summed E-state index contributed by atoms with van der Waals surface area (Å²) in [6.45, 7) is 2.52. The number of hydrogen-bond acceptors (Lipinski definition) is 10. The number of alkyl halides is 2. The fourth-order valence-electron chi connectivity index (χ4n) is 6.14. The molecule has 3 aromatic rings. The third kappa shape index (κ3) is 5.30. The first-order chi connectivity index (χ1) is 22.1. The van der Waals surface area contributed by atoms with Crippen LogP contribution in [0.3, 0.4) is 0 Å². The SMILES string of the molecule is COc1ccc2c(c1)O[C@@H](c1ccc(C(=O)N3CCOC(CO)C3)cn1)C[C@H]2NC(=O)[C@@]1(C)COc2cc3c(cc21)OC(F)(F)O3. The Morgan fingerprint density at radius 3 is 2.65 bits per heavy atom. The van der Waals surface area contributed by atoms with E-state index in [4.69, 9.17) is 18.9 Å². The van der Waals surface area contributed by atoms with Crippen LogP contribution in [0.4, 0.5) is 8.78 Å². The number of carbonyl (C=O) groups is 2. The van der Waals surface area contributed by atoms with Crippen LogP contribution >= 0.6 is 0 Å². The van der Waals surface area contributed by atoms with Crippen LogP contribution in [-0.2, 0) is 14.9 Å². The molecule has 1 unspecified atom stereocenters. The molecule has 0 radical (unpaired) electrons. The molecule has 0 aliphatic carbocycles. The summed E-state index contributed by atoms with van der Waals surface area (Å²) in [5.74, 6) is 0.368. The van der Waals surface area contributed by atoms with Gasteiger partial charge in [-0.15, -0.1) is 8.78 Å². The van der Waals surface area contributed by atoms with Gasteiger partial charge >= 0.3 is 6.29 Å². The lowest BCUT2D eigenvalue weighted by atomic mass is 9.82. The monoisotopic (exact) mass is 639 g/mol. The van der Waals surface area contributed by atoms with Gasteiger partial charge in [-0.1, -0.05) is 0 Å². The summed E-state index contributed by atoms with van der Waals surface area (Å²) in [5.41, 5.74) is 0.832. The van der Waals surface area contributed by atoms with E-state index in [1.165, 1.54) is 25.4 Å². The van der Waals surface area contributed by atoms with Gasteiger partial charge in [0.1, 0.15) is 35.4 Å². The van der Waals surface area contributed by atoms with Crippen LogP contribution in [0, 0.1) is 0 Å². The summed E-state index contributed by atoms with van der Waals surface area (Å²) >= 11 is 0. The number of nitrogens with one attached hydrogen (secondary N) is 1. The first-order valence-corrected chi connectivity index (χ1v) is 14.8. The molecule has 0 bridgehead atoms. The van der Waals surface area contributed by atoms with Crippen molar-refractivity contribution < 1.29 is 51.9 Å². The predicted octanol–water partition coefficient (Wildman–Crippen LogP) is 3.28. The van der Waals surface area contributed by atoms with Crippen LogP contribution in [0.15, 0.2) is 48.7 Å². The second-order valence-electron chi connectivity index (χ2n) is 11.8. The zero-order valence-electron chi connectivity index (χ0n) is 25.0. The number of morpholine rings is 1. The van der Waals surface area contributed by atoms with Gasteiger partial charge in [0.2, 0.25) is 5.91 Å². The molecule has 2 aromatic carbocycles. The van der Waals surface area contributed by atoms with Gasteiger partial charge < -0.3 is 43.7 Å². The number of pyridine rings is 1. The number of hydrogen-bond donors (Lipinski definition) is 2. The highest BCUT2D eigenvalue weighted by molar-refractivity contribution is 5.94. The van der Waals surface area contributed by atoms with Gasteiger partial charge in [-0.25, -0.2) is 0 Å².